The summed E-state index contributed by atoms with van der Waals surface area (Å²) in [7, 11) is -4.05. The maximum atomic E-state index is 12.7. The number of amides is 1. The topological polar surface area (TPSA) is 131 Å². The molecule has 4 rings (SSSR count). The number of nitrogens with one attached hydrogen (secondary N) is 2. The zero-order chi connectivity index (χ0) is 23.6. The van der Waals surface area contributed by atoms with Gasteiger partial charge in [-0.2, -0.15) is 0 Å². The molecule has 4 aromatic rings. The Morgan fingerprint density at radius 2 is 2.03 bits per heavy atom. The first-order valence-corrected chi connectivity index (χ1v) is 12.8. The van der Waals surface area contributed by atoms with Gasteiger partial charge in [0.2, 0.25) is 0 Å². The zero-order valence-electron chi connectivity index (χ0n) is 17.9. The molecular formula is C22H22N3O6PS. The molecule has 0 aliphatic carbocycles. The van der Waals surface area contributed by atoms with Crippen LogP contribution < -0.4 is 16.1 Å². The molecule has 2 heterocycles. The van der Waals surface area contributed by atoms with Crippen LogP contribution in [0.1, 0.15) is 30.8 Å². The SMILES string of the molecule is CCOP(=O)(O)C(CC)NC(=O)c1cc(=O)c2cc(Nc3nc4ccccc4s3)ccc2o1. The number of fused-ring (bicyclic) bond motifs is 2. The molecule has 1 amide bonds. The lowest BCUT2D eigenvalue weighted by Crippen LogP contribution is -2.35. The van der Waals surface area contributed by atoms with Gasteiger partial charge < -0.3 is 24.5 Å². The lowest BCUT2D eigenvalue weighted by Gasteiger charge is -2.21. The monoisotopic (exact) mass is 487 g/mol. The van der Waals surface area contributed by atoms with Crippen LogP contribution in [0.15, 0.2) is 57.7 Å². The van der Waals surface area contributed by atoms with Gasteiger partial charge in [0.05, 0.1) is 22.2 Å². The van der Waals surface area contributed by atoms with Crippen molar-refractivity contribution in [3.63, 3.8) is 0 Å². The van der Waals surface area contributed by atoms with Crippen LogP contribution in [0.5, 0.6) is 0 Å². The Kier molecular flexibility index (Phi) is 6.62. The molecule has 0 aliphatic heterocycles. The normalized spacial score (nSPS) is 14.2. The number of nitrogens with zero attached hydrogens (tertiary/aromatic N) is 1. The average Bonchev–Trinajstić information content (AvgIpc) is 3.19. The van der Waals surface area contributed by atoms with Crippen molar-refractivity contribution in [2.24, 2.45) is 0 Å². The first-order chi connectivity index (χ1) is 15.8. The summed E-state index contributed by atoms with van der Waals surface area (Å²) in [6.07, 6.45) is 0.165. The number of hydrogen-bond acceptors (Lipinski definition) is 8. The Morgan fingerprint density at radius 3 is 2.76 bits per heavy atom. The van der Waals surface area contributed by atoms with E-state index in [0.29, 0.717) is 10.8 Å². The molecule has 0 spiro atoms. The Labute approximate surface area is 192 Å². The Hall–Kier alpha value is -3.04. The van der Waals surface area contributed by atoms with Crippen molar-refractivity contribution in [1.82, 2.24) is 10.3 Å². The maximum Gasteiger partial charge on any atom is 0.350 e. The van der Waals surface area contributed by atoms with Crippen molar-refractivity contribution in [3.05, 3.63) is 64.5 Å². The summed E-state index contributed by atoms with van der Waals surface area (Å²) in [5.74, 6) is -2.15. The Balaban J connectivity index is 1.58. The summed E-state index contributed by atoms with van der Waals surface area (Å²) in [6.45, 7) is 3.25. The zero-order valence-corrected chi connectivity index (χ0v) is 19.6. The molecule has 9 nitrogen and oxygen atoms in total. The molecule has 2 atom stereocenters. The maximum absolute atomic E-state index is 12.7. The van der Waals surface area contributed by atoms with Crippen molar-refractivity contribution in [2.75, 3.05) is 11.9 Å². The van der Waals surface area contributed by atoms with Crippen molar-refractivity contribution in [3.8, 4) is 0 Å². The van der Waals surface area contributed by atoms with E-state index in [1.54, 1.807) is 32.0 Å². The molecule has 2 unspecified atom stereocenters. The van der Waals surface area contributed by atoms with Gasteiger partial charge in [-0.25, -0.2) is 4.98 Å². The number of carbonyl (C=O) groups excluding carboxylic acids is 1. The standard InChI is InChI=1S/C22H22N3O6PS/c1-3-20(32(28,29)30-4-2)25-21(27)18-12-16(26)14-11-13(9-10-17(14)31-18)23-22-24-15-7-5-6-8-19(15)33-22/h5-12,20H,3-4H2,1-2H3,(H,23,24)(H,25,27)(H,28,29). The van der Waals surface area contributed by atoms with Crippen molar-refractivity contribution in [2.45, 2.75) is 26.1 Å². The van der Waals surface area contributed by atoms with Gasteiger partial charge >= 0.3 is 7.60 Å². The fourth-order valence-corrected chi connectivity index (χ4v) is 5.48. The lowest BCUT2D eigenvalue weighted by molar-refractivity contribution is 0.0913. The Morgan fingerprint density at radius 1 is 1.24 bits per heavy atom. The van der Waals surface area contributed by atoms with E-state index in [-0.39, 0.29) is 29.8 Å². The van der Waals surface area contributed by atoms with Gasteiger partial charge in [0.15, 0.2) is 16.3 Å². The minimum atomic E-state index is -4.05. The van der Waals surface area contributed by atoms with E-state index in [2.05, 4.69) is 15.6 Å². The molecule has 0 fully saturated rings. The van der Waals surface area contributed by atoms with Crippen molar-refractivity contribution < 1.29 is 23.2 Å². The number of para-hydroxylation sites is 1. The molecule has 0 radical (unpaired) electrons. The molecule has 0 saturated heterocycles. The van der Waals surface area contributed by atoms with Gasteiger partial charge in [-0.1, -0.05) is 30.4 Å². The molecular weight excluding hydrogens is 465 g/mol. The van der Waals surface area contributed by atoms with Gasteiger partial charge in [0.1, 0.15) is 11.4 Å². The molecule has 0 bridgehead atoms. The number of benzene rings is 2. The van der Waals surface area contributed by atoms with E-state index in [9.17, 15) is 19.0 Å². The van der Waals surface area contributed by atoms with Crippen LogP contribution in [0.2, 0.25) is 0 Å². The largest absolute Gasteiger partial charge is 0.451 e. The van der Waals surface area contributed by atoms with E-state index >= 15 is 0 Å². The second-order valence-electron chi connectivity index (χ2n) is 7.18. The van der Waals surface area contributed by atoms with Gasteiger partial charge in [0, 0.05) is 11.8 Å². The number of thiazole rings is 1. The number of anilines is 2. The van der Waals surface area contributed by atoms with E-state index in [1.165, 1.54) is 11.3 Å². The summed E-state index contributed by atoms with van der Waals surface area (Å²) >= 11 is 1.49. The van der Waals surface area contributed by atoms with Crippen LogP contribution in [0.4, 0.5) is 10.8 Å². The van der Waals surface area contributed by atoms with Gasteiger partial charge in [-0.3, -0.25) is 14.2 Å². The summed E-state index contributed by atoms with van der Waals surface area (Å²) in [5.41, 5.74) is 1.32. The Bertz CT molecular complexity index is 1400. The minimum absolute atomic E-state index is 0.0264. The van der Waals surface area contributed by atoms with Crippen molar-refractivity contribution in [1.29, 1.82) is 0 Å². The fourth-order valence-electron chi connectivity index (χ4n) is 3.31. The number of hydrogen-bond donors (Lipinski definition) is 3. The summed E-state index contributed by atoms with van der Waals surface area (Å²) in [4.78, 5) is 39.8. The van der Waals surface area contributed by atoms with Crippen LogP contribution in [0, 0.1) is 0 Å². The third kappa shape index (κ3) is 4.99. The second kappa shape index (κ2) is 9.44. The van der Waals surface area contributed by atoms with Gasteiger partial charge in [-0.05, 0) is 43.7 Å². The fraction of sp³-hybridized carbons (Fsp3) is 0.227. The predicted octanol–water partition coefficient (Wildman–Crippen LogP) is 4.83. The van der Waals surface area contributed by atoms with E-state index in [1.807, 2.05) is 24.3 Å². The van der Waals surface area contributed by atoms with Crippen LogP contribution >= 0.6 is 18.9 Å². The molecule has 11 heteroatoms. The first kappa shape index (κ1) is 23.1. The summed E-state index contributed by atoms with van der Waals surface area (Å²) < 4.78 is 23.8. The molecule has 3 N–H and O–H groups in total. The van der Waals surface area contributed by atoms with E-state index < -0.39 is 24.7 Å². The third-order valence-corrected chi connectivity index (χ3v) is 7.75. The van der Waals surface area contributed by atoms with E-state index in [0.717, 1.165) is 16.3 Å². The summed E-state index contributed by atoms with van der Waals surface area (Å²) in [6, 6.07) is 13.7. The molecule has 172 valence electrons. The van der Waals surface area contributed by atoms with Crippen LogP contribution in [0.25, 0.3) is 21.2 Å². The number of carbonyl (C=O) groups is 1. The average molecular weight is 487 g/mol. The highest BCUT2D eigenvalue weighted by molar-refractivity contribution is 7.53. The van der Waals surface area contributed by atoms with Crippen molar-refractivity contribution >= 4 is 56.8 Å². The van der Waals surface area contributed by atoms with Crippen LogP contribution in [-0.4, -0.2) is 28.2 Å². The highest BCUT2D eigenvalue weighted by Gasteiger charge is 2.32. The highest BCUT2D eigenvalue weighted by atomic mass is 32.1. The first-order valence-electron chi connectivity index (χ1n) is 10.3. The molecule has 0 aliphatic rings. The van der Waals surface area contributed by atoms with Gasteiger partial charge in [-0.15, -0.1) is 0 Å². The van der Waals surface area contributed by atoms with Crippen LogP contribution in [-0.2, 0) is 9.09 Å². The molecule has 2 aromatic carbocycles. The van der Waals surface area contributed by atoms with Crippen LogP contribution in [0.3, 0.4) is 0 Å². The smallest absolute Gasteiger partial charge is 0.350 e. The predicted molar refractivity (Wildman–Crippen MR) is 128 cm³/mol. The number of rotatable bonds is 8. The lowest BCUT2D eigenvalue weighted by atomic mass is 10.2. The molecule has 33 heavy (non-hydrogen) atoms. The second-order valence-corrected chi connectivity index (χ2v) is 10.2. The minimum Gasteiger partial charge on any atom is -0.451 e. The highest BCUT2D eigenvalue weighted by Crippen LogP contribution is 2.47. The third-order valence-electron chi connectivity index (χ3n) is 4.89. The quantitative estimate of drug-likeness (QED) is 0.301. The molecule has 0 saturated carbocycles. The number of aromatic nitrogens is 1. The summed E-state index contributed by atoms with van der Waals surface area (Å²) in [5, 5.41) is 6.58. The van der Waals surface area contributed by atoms with Gasteiger partial charge in [0.25, 0.3) is 5.91 Å². The molecule has 2 aromatic heterocycles. The van der Waals surface area contributed by atoms with E-state index in [4.69, 9.17) is 8.94 Å².